The number of hydrogen-bond acceptors (Lipinski definition) is 1. The van der Waals surface area contributed by atoms with Crippen molar-refractivity contribution in [3.63, 3.8) is 0 Å². The van der Waals surface area contributed by atoms with Gasteiger partial charge in [-0.05, 0) is 12.1 Å². The van der Waals surface area contributed by atoms with E-state index in [-0.39, 0.29) is 5.56 Å². The fourth-order valence-electron chi connectivity index (χ4n) is 1.06. The topological polar surface area (TPSA) is 43.1 Å². The van der Waals surface area contributed by atoms with Crippen molar-refractivity contribution in [3.8, 4) is 0 Å². The van der Waals surface area contributed by atoms with Crippen molar-refractivity contribution in [2.45, 2.75) is 11.0 Å². The summed E-state index contributed by atoms with van der Waals surface area (Å²) in [5.41, 5.74) is 3.55. The minimum Gasteiger partial charge on any atom is -0.368 e. The summed E-state index contributed by atoms with van der Waals surface area (Å²) in [5.74, 6) is -2.01. The third-order valence-electron chi connectivity index (χ3n) is 1.85. The molecule has 0 saturated carbocycles. The highest BCUT2D eigenvalue weighted by Gasteiger charge is 2.32. The SMILES string of the molecule is NC(=O)C(Br)c1ccc(C(F)(F)F)cc1F. The van der Waals surface area contributed by atoms with Gasteiger partial charge in [-0.3, -0.25) is 4.79 Å². The third kappa shape index (κ3) is 2.72. The lowest BCUT2D eigenvalue weighted by Gasteiger charge is -2.11. The first-order valence-electron chi connectivity index (χ1n) is 4.03. The minimum absolute atomic E-state index is 0.222. The molecule has 1 rings (SSSR count). The Labute approximate surface area is 96.6 Å². The molecule has 0 fully saturated rings. The Balaban J connectivity index is 3.15. The van der Waals surface area contributed by atoms with Gasteiger partial charge in [0, 0.05) is 5.56 Å². The van der Waals surface area contributed by atoms with E-state index in [9.17, 15) is 22.4 Å². The van der Waals surface area contributed by atoms with Crippen LogP contribution in [0.15, 0.2) is 18.2 Å². The quantitative estimate of drug-likeness (QED) is 0.662. The molecule has 0 bridgehead atoms. The maximum absolute atomic E-state index is 13.3. The Kier molecular flexibility index (Phi) is 3.57. The number of amides is 1. The second kappa shape index (κ2) is 4.40. The van der Waals surface area contributed by atoms with Crippen molar-refractivity contribution in [1.82, 2.24) is 0 Å². The highest BCUT2D eigenvalue weighted by atomic mass is 79.9. The van der Waals surface area contributed by atoms with Crippen LogP contribution in [0.2, 0.25) is 0 Å². The lowest BCUT2D eigenvalue weighted by Crippen LogP contribution is -2.18. The van der Waals surface area contributed by atoms with Gasteiger partial charge >= 0.3 is 6.18 Å². The number of rotatable bonds is 2. The van der Waals surface area contributed by atoms with E-state index < -0.39 is 28.3 Å². The molecular formula is C9H6BrF4NO. The van der Waals surface area contributed by atoms with Crippen LogP contribution in [-0.4, -0.2) is 5.91 Å². The molecule has 1 aromatic carbocycles. The molecule has 16 heavy (non-hydrogen) atoms. The van der Waals surface area contributed by atoms with E-state index in [1.165, 1.54) is 0 Å². The monoisotopic (exact) mass is 299 g/mol. The Morgan fingerprint density at radius 2 is 1.94 bits per heavy atom. The largest absolute Gasteiger partial charge is 0.416 e. The van der Waals surface area contributed by atoms with Crippen molar-refractivity contribution in [1.29, 1.82) is 0 Å². The molecule has 1 amide bonds. The first kappa shape index (κ1) is 13.0. The van der Waals surface area contributed by atoms with Crippen LogP contribution in [0.4, 0.5) is 17.6 Å². The van der Waals surface area contributed by atoms with Crippen molar-refractivity contribution >= 4 is 21.8 Å². The fraction of sp³-hybridized carbons (Fsp3) is 0.222. The number of alkyl halides is 4. The van der Waals surface area contributed by atoms with Gasteiger partial charge < -0.3 is 5.73 Å². The molecule has 88 valence electrons. The zero-order valence-corrected chi connectivity index (χ0v) is 9.27. The van der Waals surface area contributed by atoms with Crippen molar-refractivity contribution < 1.29 is 22.4 Å². The Bertz CT molecular complexity index is 418. The van der Waals surface area contributed by atoms with E-state index in [0.29, 0.717) is 12.1 Å². The zero-order chi connectivity index (χ0) is 12.5. The lowest BCUT2D eigenvalue weighted by molar-refractivity contribution is -0.137. The number of carbonyl (C=O) groups is 1. The second-order valence-electron chi connectivity index (χ2n) is 3.00. The van der Waals surface area contributed by atoms with E-state index in [1.807, 2.05) is 0 Å². The smallest absolute Gasteiger partial charge is 0.368 e. The highest BCUT2D eigenvalue weighted by Crippen LogP contribution is 2.32. The summed E-state index contributed by atoms with van der Waals surface area (Å²) < 4.78 is 49.8. The van der Waals surface area contributed by atoms with E-state index in [2.05, 4.69) is 15.9 Å². The summed E-state index contributed by atoms with van der Waals surface area (Å²) in [6.45, 7) is 0. The van der Waals surface area contributed by atoms with Crippen molar-refractivity contribution in [2.24, 2.45) is 5.73 Å². The molecule has 0 aromatic heterocycles. The average Bonchev–Trinajstić information content (AvgIpc) is 2.15. The molecule has 1 atom stereocenters. The van der Waals surface area contributed by atoms with Gasteiger partial charge in [0.2, 0.25) is 5.91 Å². The van der Waals surface area contributed by atoms with E-state index in [4.69, 9.17) is 5.73 Å². The van der Waals surface area contributed by atoms with Gasteiger partial charge in [0.05, 0.1) is 5.56 Å². The number of carbonyl (C=O) groups excluding carboxylic acids is 1. The van der Waals surface area contributed by atoms with Gasteiger partial charge in [0.15, 0.2) is 0 Å². The van der Waals surface area contributed by atoms with E-state index in [1.54, 1.807) is 0 Å². The normalized spacial score (nSPS) is 13.6. The first-order valence-corrected chi connectivity index (χ1v) is 4.95. The number of halogens is 5. The summed E-state index contributed by atoms with van der Waals surface area (Å²) in [6, 6.07) is 1.89. The van der Waals surface area contributed by atoms with Gasteiger partial charge in [-0.15, -0.1) is 0 Å². The number of primary amides is 1. The molecule has 2 N–H and O–H groups in total. The molecule has 7 heteroatoms. The molecule has 0 aliphatic rings. The van der Waals surface area contributed by atoms with Crippen molar-refractivity contribution in [2.75, 3.05) is 0 Å². The van der Waals surface area contributed by atoms with Gasteiger partial charge in [0.1, 0.15) is 10.6 Å². The number of nitrogens with two attached hydrogens (primary N) is 1. The molecule has 0 radical (unpaired) electrons. The molecular weight excluding hydrogens is 294 g/mol. The first-order chi connectivity index (χ1) is 7.23. The summed E-state index contributed by atoms with van der Waals surface area (Å²) in [6.07, 6.45) is -4.62. The van der Waals surface area contributed by atoms with Gasteiger partial charge in [0.25, 0.3) is 0 Å². The predicted octanol–water partition coefficient (Wildman–Crippen LogP) is 2.77. The number of hydrogen-bond donors (Lipinski definition) is 1. The van der Waals surface area contributed by atoms with Gasteiger partial charge in [-0.2, -0.15) is 13.2 Å². The van der Waals surface area contributed by atoms with Crippen LogP contribution in [0, 0.1) is 5.82 Å². The van der Waals surface area contributed by atoms with Crippen molar-refractivity contribution in [3.05, 3.63) is 35.1 Å². The molecule has 1 aromatic rings. The summed E-state index contributed by atoms with van der Waals surface area (Å²) in [7, 11) is 0. The van der Waals surface area contributed by atoms with Crippen LogP contribution in [0.3, 0.4) is 0 Å². The Morgan fingerprint density at radius 3 is 2.31 bits per heavy atom. The molecule has 0 aliphatic carbocycles. The van der Waals surface area contributed by atoms with E-state index >= 15 is 0 Å². The van der Waals surface area contributed by atoms with Gasteiger partial charge in [-0.1, -0.05) is 22.0 Å². The van der Waals surface area contributed by atoms with Gasteiger partial charge in [-0.25, -0.2) is 4.39 Å². The second-order valence-corrected chi connectivity index (χ2v) is 3.91. The minimum atomic E-state index is -4.62. The van der Waals surface area contributed by atoms with Crippen LogP contribution in [0.1, 0.15) is 16.0 Å². The maximum Gasteiger partial charge on any atom is 0.416 e. The molecule has 0 heterocycles. The summed E-state index contributed by atoms with van der Waals surface area (Å²) in [5, 5.41) is 0. The standard InChI is InChI=1S/C9H6BrF4NO/c10-7(8(15)16)5-2-1-4(3-6(5)11)9(12,13)14/h1-3,7H,(H2,15,16). The van der Waals surface area contributed by atoms with Crippen LogP contribution in [0.25, 0.3) is 0 Å². The highest BCUT2D eigenvalue weighted by molar-refractivity contribution is 9.09. The molecule has 2 nitrogen and oxygen atoms in total. The van der Waals surface area contributed by atoms with Crippen LogP contribution < -0.4 is 5.73 Å². The van der Waals surface area contributed by atoms with Crippen LogP contribution in [0.5, 0.6) is 0 Å². The molecule has 0 spiro atoms. The lowest BCUT2D eigenvalue weighted by atomic mass is 10.1. The molecule has 0 aliphatic heterocycles. The third-order valence-corrected chi connectivity index (χ3v) is 2.80. The van der Waals surface area contributed by atoms with E-state index in [0.717, 1.165) is 6.07 Å². The fourth-order valence-corrected chi connectivity index (χ4v) is 1.43. The number of benzene rings is 1. The average molecular weight is 300 g/mol. The molecule has 0 saturated heterocycles. The Morgan fingerprint density at radius 1 is 1.38 bits per heavy atom. The molecule has 1 unspecified atom stereocenters. The Hall–Kier alpha value is -1.11. The zero-order valence-electron chi connectivity index (χ0n) is 7.68. The van der Waals surface area contributed by atoms with Crippen LogP contribution >= 0.6 is 15.9 Å². The summed E-state index contributed by atoms with van der Waals surface area (Å²) in [4.78, 5) is 9.58. The summed E-state index contributed by atoms with van der Waals surface area (Å²) >= 11 is 2.78. The van der Waals surface area contributed by atoms with Crippen LogP contribution in [-0.2, 0) is 11.0 Å². The maximum atomic E-state index is 13.3. The predicted molar refractivity (Wildman–Crippen MR) is 52.3 cm³/mol.